The first-order valence-corrected chi connectivity index (χ1v) is 18.9. The highest BCUT2D eigenvalue weighted by atomic mass is 35.5. The Kier molecular flexibility index (Phi) is 7.15. The van der Waals surface area contributed by atoms with Crippen molar-refractivity contribution in [1.29, 1.82) is 0 Å². The average Bonchev–Trinajstić information content (AvgIpc) is 3.27. The summed E-state index contributed by atoms with van der Waals surface area (Å²) in [5, 5.41) is -0.0175. The van der Waals surface area contributed by atoms with E-state index in [4.69, 9.17) is 46.4 Å². The van der Waals surface area contributed by atoms with E-state index in [0.29, 0.717) is 0 Å². The van der Waals surface area contributed by atoms with Crippen molar-refractivity contribution < 1.29 is 33.7 Å². The predicted octanol–water partition coefficient (Wildman–Crippen LogP) is 2.33. The lowest BCUT2D eigenvalue weighted by Gasteiger charge is -2.49. The van der Waals surface area contributed by atoms with Crippen LogP contribution < -0.4 is 0 Å². The van der Waals surface area contributed by atoms with E-state index < -0.39 is 86.9 Å². The molecule has 0 saturated carbocycles. The molecule has 3 aliphatic heterocycles. The van der Waals surface area contributed by atoms with Crippen LogP contribution in [0.15, 0.2) is 46.2 Å². The second-order valence-corrected chi connectivity index (χ2v) is 18.9. The number of rotatable bonds is 4. The van der Waals surface area contributed by atoms with Crippen molar-refractivity contribution in [3.05, 3.63) is 56.5 Å². The van der Waals surface area contributed by atoms with Gasteiger partial charge in [0, 0.05) is 0 Å². The number of piperazine rings is 1. The molecule has 3 heterocycles. The Labute approximate surface area is 240 Å². The van der Waals surface area contributed by atoms with Crippen LogP contribution in [0.1, 0.15) is 0 Å². The van der Waals surface area contributed by atoms with E-state index in [1.165, 1.54) is 24.3 Å². The van der Waals surface area contributed by atoms with Gasteiger partial charge in [-0.3, -0.25) is 0 Å². The van der Waals surface area contributed by atoms with E-state index in [-0.39, 0.29) is 29.9 Å². The molecular weight excluding hydrogens is 666 g/mol. The minimum absolute atomic E-state index is 0.0748. The fourth-order valence-corrected chi connectivity index (χ4v) is 14.1. The van der Waals surface area contributed by atoms with E-state index in [1.807, 2.05) is 0 Å². The number of sulfone groups is 2. The van der Waals surface area contributed by atoms with Crippen LogP contribution in [0.3, 0.4) is 0 Å². The molecule has 10 nitrogen and oxygen atoms in total. The third-order valence-electron chi connectivity index (χ3n) is 6.83. The maximum Gasteiger partial charge on any atom is 0.243 e. The lowest BCUT2D eigenvalue weighted by atomic mass is 10.0. The Morgan fingerprint density at radius 1 is 0.553 bits per heavy atom. The van der Waals surface area contributed by atoms with Crippen LogP contribution in [0.4, 0.5) is 0 Å². The van der Waals surface area contributed by atoms with E-state index in [9.17, 15) is 33.7 Å². The third kappa shape index (κ3) is 4.78. The van der Waals surface area contributed by atoms with Crippen LogP contribution >= 0.6 is 46.4 Å². The van der Waals surface area contributed by atoms with Crippen molar-refractivity contribution in [3.8, 4) is 0 Å². The number of hydrogen-bond acceptors (Lipinski definition) is 8. The lowest BCUT2D eigenvalue weighted by molar-refractivity contribution is 0.0841. The summed E-state index contributed by atoms with van der Waals surface area (Å²) in [4.78, 5) is -0.669. The zero-order chi connectivity index (χ0) is 28.0. The summed E-state index contributed by atoms with van der Waals surface area (Å²) in [6, 6.07) is 1.39. The molecule has 208 valence electrons. The van der Waals surface area contributed by atoms with Crippen LogP contribution in [0, 0.1) is 0 Å². The monoisotopic (exact) mass is 682 g/mol. The molecule has 0 radical (unpaired) electrons. The summed E-state index contributed by atoms with van der Waals surface area (Å²) < 4.78 is 109. The molecule has 38 heavy (non-hydrogen) atoms. The van der Waals surface area contributed by atoms with Crippen molar-refractivity contribution in [1.82, 2.24) is 8.61 Å². The summed E-state index contributed by atoms with van der Waals surface area (Å²) in [5.74, 6) is -2.80. The van der Waals surface area contributed by atoms with Crippen molar-refractivity contribution in [2.45, 2.75) is 34.0 Å². The highest BCUT2D eigenvalue weighted by Crippen LogP contribution is 2.44. The van der Waals surface area contributed by atoms with E-state index in [0.717, 1.165) is 20.7 Å². The Morgan fingerprint density at radius 3 is 1.11 bits per heavy atom. The van der Waals surface area contributed by atoms with Crippen LogP contribution in [0.5, 0.6) is 0 Å². The van der Waals surface area contributed by atoms with Crippen molar-refractivity contribution in [3.63, 3.8) is 0 Å². The first kappa shape index (κ1) is 28.8. The normalized spacial score (nSPS) is 29.2. The standard InChI is InChI=1S/C20H18Cl4N2O8S4/c21-13-3-1-11(5-15(13)23)37(31,32)25-17-7-35(27,28)9-19(17)26(20-10-36(29,30)8-18(20)25)38(33,34)12-2-4-14(22)16(24)6-12/h1-6,17-20H,7-10H2/t17-,18-,19-,20+/m1/s1. The molecule has 0 N–H and O–H groups in total. The molecule has 3 fully saturated rings. The summed E-state index contributed by atoms with van der Waals surface area (Å²) in [5.41, 5.74) is 0. The Hall–Kier alpha value is -0.680. The highest BCUT2D eigenvalue weighted by molar-refractivity contribution is 7.93. The number of nitrogens with zero attached hydrogens (tertiary/aromatic N) is 2. The lowest BCUT2D eigenvalue weighted by Crippen LogP contribution is -2.69. The van der Waals surface area contributed by atoms with Gasteiger partial charge in [0.2, 0.25) is 20.0 Å². The molecule has 18 heteroatoms. The molecule has 0 amide bonds. The molecule has 2 aromatic rings. The number of halogens is 4. The minimum atomic E-state index is -4.55. The van der Waals surface area contributed by atoms with Gasteiger partial charge in [-0.15, -0.1) is 0 Å². The molecule has 2 aromatic carbocycles. The van der Waals surface area contributed by atoms with Crippen LogP contribution in [0.25, 0.3) is 0 Å². The first-order chi connectivity index (χ1) is 17.4. The van der Waals surface area contributed by atoms with Crippen molar-refractivity contribution in [2.75, 3.05) is 23.0 Å². The van der Waals surface area contributed by atoms with Crippen LogP contribution in [0.2, 0.25) is 20.1 Å². The minimum Gasteiger partial charge on any atom is -0.229 e. The number of benzene rings is 2. The van der Waals surface area contributed by atoms with Gasteiger partial charge in [0.15, 0.2) is 19.7 Å². The maximum atomic E-state index is 13.9. The molecule has 4 atom stereocenters. The van der Waals surface area contributed by atoms with Gasteiger partial charge in [0.1, 0.15) is 0 Å². The Morgan fingerprint density at radius 2 is 0.842 bits per heavy atom. The molecule has 3 aliphatic rings. The highest BCUT2D eigenvalue weighted by Gasteiger charge is 2.63. The maximum absolute atomic E-state index is 13.9. The van der Waals surface area contributed by atoms with Gasteiger partial charge in [-0.2, -0.15) is 8.61 Å². The van der Waals surface area contributed by atoms with Crippen LogP contribution in [-0.2, 0) is 39.7 Å². The summed E-state index contributed by atoms with van der Waals surface area (Å²) in [7, 11) is -17.0. The van der Waals surface area contributed by atoms with E-state index in [1.54, 1.807) is 0 Å². The third-order valence-corrected chi connectivity index (χ3v) is 15.6. The molecule has 0 bridgehead atoms. The van der Waals surface area contributed by atoms with Crippen LogP contribution in [-0.4, -0.2) is 89.5 Å². The van der Waals surface area contributed by atoms with Gasteiger partial charge in [0.25, 0.3) is 0 Å². The summed E-state index contributed by atoms with van der Waals surface area (Å²) in [6.07, 6.45) is 0. The SMILES string of the molecule is O=S1(=O)C[C@@H]2[C@@H](C1)N(S(=O)(=O)c1ccc(Cl)c(Cl)c1)[C@H]1CS(=O)(=O)C[C@H]1N2S(=O)(=O)c1ccc(Cl)c(Cl)c1. The van der Waals surface area contributed by atoms with Gasteiger partial charge in [-0.25, -0.2) is 33.7 Å². The predicted molar refractivity (Wildman–Crippen MR) is 143 cm³/mol. The van der Waals surface area contributed by atoms with Gasteiger partial charge >= 0.3 is 0 Å². The zero-order valence-corrected chi connectivity index (χ0v) is 25.2. The Bertz CT molecular complexity index is 1610. The molecular formula is C20H18Cl4N2O8S4. The molecule has 0 unspecified atom stereocenters. The topological polar surface area (TPSA) is 143 Å². The van der Waals surface area contributed by atoms with Crippen molar-refractivity contribution >= 4 is 86.1 Å². The molecule has 0 spiro atoms. The van der Waals surface area contributed by atoms with Crippen molar-refractivity contribution in [2.24, 2.45) is 0 Å². The second kappa shape index (κ2) is 9.43. The van der Waals surface area contributed by atoms with E-state index in [2.05, 4.69) is 0 Å². The summed E-state index contributed by atoms with van der Waals surface area (Å²) in [6.45, 7) is 0. The number of hydrogen-bond donors (Lipinski definition) is 0. The van der Waals surface area contributed by atoms with Gasteiger partial charge < -0.3 is 0 Å². The van der Waals surface area contributed by atoms with Gasteiger partial charge in [-0.1, -0.05) is 46.4 Å². The largest absolute Gasteiger partial charge is 0.243 e. The van der Waals surface area contributed by atoms with Gasteiger partial charge in [0.05, 0.1) is 77.1 Å². The fraction of sp³-hybridized carbons (Fsp3) is 0.400. The first-order valence-electron chi connectivity index (χ1n) is 10.8. The quantitative estimate of drug-likeness (QED) is 0.478. The average molecular weight is 684 g/mol. The Balaban J connectivity index is 1.71. The summed E-state index contributed by atoms with van der Waals surface area (Å²) >= 11 is 23.9. The number of sulfonamides is 2. The molecule has 0 aliphatic carbocycles. The number of fused-ring (bicyclic) bond motifs is 2. The van der Waals surface area contributed by atoms with E-state index >= 15 is 0 Å². The zero-order valence-electron chi connectivity index (χ0n) is 18.9. The molecule has 3 saturated heterocycles. The molecule has 5 rings (SSSR count). The fourth-order valence-electron chi connectivity index (χ4n) is 5.32. The smallest absolute Gasteiger partial charge is 0.229 e. The van der Waals surface area contributed by atoms with Gasteiger partial charge in [-0.05, 0) is 36.4 Å². The molecule has 0 aromatic heterocycles. The second-order valence-electron chi connectivity index (χ2n) is 9.24.